The van der Waals surface area contributed by atoms with Gasteiger partial charge in [0, 0.05) is 12.2 Å². The van der Waals surface area contributed by atoms with Gasteiger partial charge in [0.2, 0.25) is 0 Å². The molecule has 5 nitrogen and oxygen atoms in total. The molecule has 3 aromatic rings. The van der Waals surface area contributed by atoms with Crippen LogP contribution in [0.4, 0.5) is 5.69 Å². The number of benzene rings is 3. The lowest BCUT2D eigenvalue weighted by Crippen LogP contribution is -2.33. The van der Waals surface area contributed by atoms with E-state index < -0.39 is 5.97 Å². The number of esters is 1. The maximum atomic E-state index is 12.5. The monoisotopic (exact) mass is 373 g/mol. The molecule has 0 bridgehead atoms. The summed E-state index contributed by atoms with van der Waals surface area (Å²) < 4.78 is 11.0. The van der Waals surface area contributed by atoms with Crippen molar-refractivity contribution < 1.29 is 19.1 Å². The first-order valence-corrected chi connectivity index (χ1v) is 9.09. The average Bonchev–Trinajstić information content (AvgIpc) is 3.17. The topological polar surface area (TPSA) is 55.8 Å². The number of para-hydroxylation sites is 2. The maximum Gasteiger partial charge on any atom is 0.338 e. The molecule has 1 aliphatic heterocycles. The molecule has 28 heavy (non-hydrogen) atoms. The predicted molar refractivity (Wildman–Crippen MR) is 106 cm³/mol. The minimum atomic E-state index is -0.556. The van der Waals surface area contributed by atoms with E-state index in [1.54, 1.807) is 29.2 Å². The van der Waals surface area contributed by atoms with Crippen LogP contribution in [0.25, 0.3) is 0 Å². The fraction of sp³-hybridized carbons (Fsp3) is 0.130. The third-order valence-corrected chi connectivity index (χ3v) is 4.56. The molecule has 5 heteroatoms. The number of anilines is 1. The Kier molecular flexibility index (Phi) is 5.06. The summed E-state index contributed by atoms with van der Waals surface area (Å²) in [5.74, 6) is 0.422. The van der Waals surface area contributed by atoms with E-state index in [-0.39, 0.29) is 12.5 Å². The van der Waals surface area contributed by atoms with Crippen molar-refractivity contribution in [3.63, 3.8) is 0 Å². The Morgan fingerprint density at radius 2 is 1.61 bits per heavy atom. The lowest BCUT2D eigenvalue weighted by atomic mass is 10.2. The zero-order valence-corrected chi connectivity index (χ0v) is 15.2. The van der Waals surface area contributed by atoms with E-state index in [9.17, 15) is 9.59 Å². The highest BCUT2D eigenvalue weighted by molar-refractivity contribution is 5.98. The second kappa shape index (κ2) is 7.96. The Labute approximate surface area is 163 Å². The molecule has 4 rings (SSSR count). The molecule has 1 amide bonds. The van der Waals surface area contributed by atoms with Crippen LogP contribution in [-0.4, -0.2) is 25.0 Å². The summed E-state index contributed by atoms with van der Waals surface area (Å²) in [6.07, 6.45) is 0.814. The smallest absolute Gasteiger partial charge is 0.338 e. The molecule has 0 unspecified atom stereocenters. The van der Waals surface area contributed by atoms with Crippen molar-refractivity contribution in [3.8, 4) is 11.5 Å². The molecular formula is C23H19NO4. The van der Waals surface area contributed by atoms with Crippen molar-refractivity contribution in [3.05, 3.63) is 90.0 Å². The number of amides is 1. The van der Waals surface area contributed by atoms with Crippen LogP contribution < -0.4 is 9.64 Å². The van der Waals surface area contributed by atoms with Gasteiger partial charge in [-0.3, -0.25) is 4.79 Å². The maximum absolute atomic E-state index is 12.5. The summed E-state index contributed by atoms with van der Waals surface area (Å²) in [6, 6.07) is 23.8. The fourth-order valence-electron chi connectivity index (χ4n) is 3.20. The summed E-state index contributed by atoms with van der Waals surface area (Å²) >= 11 is 0. The molecule has 0 saturated carbocycles. The van der Waals surface area contributed by atoms with Crippen LogP contribution in [0, 0.1) is 0 Å². The molecule has 0 aliphatic carbocycles. The third kappa shape index (κ3) is 3.88. The number of carbonyl (C=O) groups excluding carboxylic acids is 2. The van der Waals surface area contributed by atoms with Gasteiger partial charge in [0.25, 0.3) is 5.91 Å². The van der Waals surface area contributed by atoms with E-state index in [1.807, 2.05) is 54.6 Å². The minimum Gasteiger partial charge on any atom is -0.457 e. The van der Waals surface area contributed by atoms with Crippen molar-refractivity contribution in [2.24, 2.45) is 0 Å². The van der Waals surface area contributed by atoms with Gasteiger partial charge in [0.15, 0.2) is 6.61 Å². The Balaban J connectivity index is 1.38. The predicted octanol–water partition coefficient (Wildman–Crippen LogP) is 4.23. The largest absolute Gasteiger partial charge is 0.457 e. The van der Waals surface area contributed by atoms with Crippen molar-refractivity contribution in [2.75, 3.05) is 18.1 Å². The molecule has 0 N–H and O–H groups in total. The van der Waals surface area contributed by atoms with Crippen LogP contribution in [0.1, 0.15) is 15.9 Å². The zero-order valence-electron chi connectivity index (χ0n) is 15.2. The fourth-order valence-corrected chi connectivity index (χ4v) is 3.20. The first kappa shape index (κ1) is 17.8. The molecule has 0 fully saturated rings. The second-order valence-electron chi connectivity index (χ2n) is 6.44. The Bertz CT molecular complexity index is 1000. The van der Waals surface area contributed by atoms with Gasteiger partial charge in [-0.25, -0.2) is 4.79 Å². The van der Waals surface area contributed by atoms with Crippen LogP contribution in [0.15, 0.2) is 78.9 Å². The summed E-state index contributed by atoms with van der Waals surface area (Å²) in [5.41, 5.74) is 2.36. The molecule has 0 saturated heterocycles. The SMILES string of the molecule is O=C(OCC(=O)N1CCc2ccccc21)c1cccc(Oc2ccccc2)c1. The highest BCUT2D eigenvalue weighted by Crippen LogP contribution is 2.27. The zero-order chi connectivity index (χ0) is 19.3. The molecule has 0 aromatic heterocycles. The normalized spacial score (nSPS) is 12.4. The number of hydrogen-bond donors (Lipinski definition) is 0. The number of fused-ring (bicyclic) bond motifs is 1. The van der Waals surface area contributed by atoms with Crippen molar-refractivity contribution in [1.29, 1.82) is 0 Å². The van der Waals surface area contributed by atoms with Crippen molar-refractivity contribution in [2.45, 2.75) is 6.42 Å². The van der Waals surface area contributed by atoms with Crippen LogP contribution in [0.5, 0.6) is 11.5 Å². The Hall–Kier alpha value is -3.60. The summed E-state index contributed by atoms with van der Waals surface area (Å²) in [4.78, 5) is 26.5. The number of rotatable bonds is 5. The second-order valence-corrected chi connectivity index (χ2v) is 6.44. The van der Waals surface area contributed by atoms with E-state index in [4.69, 9.17) is 9.47 Å². The van der Waals surface area contributed by atoms with E-state index >= 15 is 0 Å². The third-order valence-electron chi connectivity index (χ3n) is 4.56. The first-order chi connectivity index (χ1) is 13.7. The van der Waals surface area contributed by atoms with Crippen molar-refractivity contribution in [1.82, 2.24) is 0 Å². The quantitative estimate of drug-likeness (QED) is 0.628. The van der Waals surface area contributed by atoms with Gasteiger partial charge in [-0.2, -0.15) is 0 Å². The number of nitrogens with zero attached hydrogens (tertiary/aromatic N) is 1. The summed E-state index contributed by atoms with van der Waals surface area (Å²) in [7, 11) is 0. The highest BCUT2D eigenvalue weighted by atomic mass is 16.5. The lowest BCUT2D eigenvalue weighted by Gasteiger charge is -2.17. The van der Waals surface area contributed by atoms with E-state index in [0.29, 0.717) is 23.6 Å². The molecule has 1 aliphatic rings. The van der Waals surface area contributed by atoms with E-state index in [1.165, 1.54) is 0 Å². The lowest BCUT2D eigenvalue weighted by molar-refractivity contribution is -0.121. The van der Waals surface area contributed by atoms with Gasteiger partial charge in [0.1, 0.15) is 11.5 Å². The number of carbonyl (C=O) groups is 2. The van der Waals surface area contributed by atoms with Gasteiger partial charge >= 0.3 is 5.97 Å². The standard InChI is InChI=1S/C23H19NO4/c25-22(24-14-13-17-7-4-5-12-21(17)24)16-27-23(26)18-8-6-11-20(15-18)28-19-9-2-1-3-10-19/h1-12,15H,13-14,16H2. The molecule has 0 radical (unpaired) electrons. The van der Waals surface area contributed by atoms with Crippen LogP contribution in [0.2, 0.25) is 0 Å². The number of hydrogen-bond acceptors (Lipinski definition) is 4. The molecule has 0 spiro atoms. The van der Waals surface area contributed by atoms with Gasteiger partial charge in [-0.15, -0.1) is 0 Å². The van der Waals surface area contributed by atoms with Crippen LogP contribution in [0.3, 0.4) is 0 Å². The number of ether oxygens (including phenoxy) is 2. The minimum absolute atomic E-state index is 0.227. The molecule has 140 valence electrons. The summed E-state index contributed by atoms with van der Waals surface area (Å²) in [6.45, 7) is 0.313. The highest BCUT2D eigenvalue weighted by Gasteiger charge is 2.25. The Morgan fingerprint density at radius 1 is 0.857 bits per heavy atom. The van der Waals surface area contributed by atoms with Crippen LogP contribution >= 0.6 is 0 Å². The van der Waals surface area contributed by atoms with Gasteiger partial charge in [0.05, 0.1) is 5.56 Å². The first-order valence-electron chi connectivity index (χ1n) is 9.09. The molecular weight excluding hydrogens is 354 g/mol. The van der Waals surface area contributed by atoms with Crippen molar-refractivity contribution >= 4 is 17.6 Å². The Morgan fingerprint density at radius 3 is 2.46 bits per heavy atom. The molecule has 0 atom stereocenters. The van der Waals surface area contributed by atoms with Gasteiger partial charge in [-0.1, -0.05) is 42.5 Å². The molecule has 3 aromatic carbocycles. The van der Waals surface area contributed by atoms with E-state index in [2.05, 4.69) is 0 Å². The van der Waals surface area contributed by atoms with Gasteiger partial charge in [-0.05, 0) is 48.4 Å². The van der Waals surface area contributed by atoms with E-state index in [0.717, 1.165) is 17.7 Å². The van der Waals surface area contributed by atoms with Crippen LogP contribution in [-0.2, 0) is 16.0 Å². The molecule has 1 heterocycles. The summed E-state index contributed by atoms with van der Waals surface area (Å²) in [5, 5.41) is 0. The average molecular weight is 373 g/mol. The van der Waals surface area contributed by atoms with Gasteiger partial charge < -0.3 is 14.4 Å².